The predicted octanol–water partition coefficient (Wildman–Crippen LogP) is 4.36. The molecule has 2 fully saturated rings. The summed E-state index contributed by atoms with van der Waals surface area (Å²) in [6, 6.07) is 8.66. The van der Waals surface area contributed by atoms with Gasteiger partial charge in [-0.2, -0.15) is 0 Å². The van der Waals surface area contributed by atoms with Crippen molar-refractivity contribution < 1.29 is 4.79 Å². The number of nitrogens with two attached hydrogens (primary N) is 1. The molecule has 4 heteroatoms. The van der Waals surface area contributed by atoms with Crippen molar-refractivity contribution in [3.05, 3.63) is 35.4 Å². The van der Waals surface area contributed by atoms with Gasteiger partial charge in [-0.3, -0.25) is 4.79 Å². The molecule has 1 atom stereocenters. The van der Waals surface area contributed by atoms with Crippen molar-refractivity contribution in [2.45, 2.75) is 63.8 Å². The van der Waals surface area contributed by atoms with Crippen LogP contribution < -0.4 is 5.73 Å². The molecule has 1 heterocycles. The molecule has 1 unspecified atom stereocenters. The van der Waals surface area contributed by atoms with Crippen LogP contribution in [-0.4, -0.2) is 29.9 Å². The van der Waals surface area contributed by atoms with Gasteiger partial charge < -0.3 is 10.6 Å². The number of benzene rings is 1. The van der Waals surface area contributed by atoms with Crippen molar-refractivity contribution >= 4 is 18.3 Å². The molecule has 1 aromatic rings. The van der Waals surface area contributed by atoms with Gasteiger partial charge in [-0.15, -0.1) is 12.4 Å². The number of rotatable bonds is 3. The van der Waals surface area contributed by atoms with E-state index in [2.05, 4.69) is 19.1 Å². The Balaban J connectivity index is 0.00000208. The van der Waals surface area contributed by atoms with E-state index in [1.165, 1.54) is 37.7 Å². The van der Waals surface area contributed by atoms with Gasteiger partial charge in [0, 0.05) is 24.7 Å². The Bertz CT molecular complexity index is 515. The number of likely N-dealkylation sites (tertiary alicyclic amines) is 1. The summed E-state index contributed by atoms with van der Waals surface area (Å²) in [5, 5.41) is 0. The van der Waals surface area contributed by atoms with Crippen molar-refractivity contribution in [2.24, 2.45) is 11.7 Å². The molecule has 1 aliphatic heterocycles. The van der Waals surface area contributed by atoms with Crippen LogP contribution in [0.4, 0.5) is 0 Å². The minimum atomic E-state index is 0. The van der Waals surface area contributed by atoms with Crippen LogP contribution in [-0.2, 0) is 0 Å². The maximum atomic E-state index is 12.7. The molecule has 3 rings (SSSR count). The van der Waals surface area contributed by atoms with E-state index in [0.717, 1.165) is 31.5 Å². The van der Waals surface area contributed by atoms with E-state index in [9.17, 15) is 4.79 Å². The summed E-state index contributed by atoms with van der Waals surface area (Å²) in [6.45, 7) is 3.76. The first kappa shape index (κ1) is 19.3. The molecular formula is C20H31ClN2O. The zero-order valence-electron chi connectivity index (χ0n) is 14.7. The summed E-state index contributed by atoms with van der Waals surface area (Å²) in [7, 11) is 0. The van der Waals surface area contributed by atoms with Gasteiger partial charge in [0.05, 0.1) is 0 Å². The van der Waals surface area contributed by atoms with Gasteiger partial charge in [0.1, 0.15) is 0 Å². The lowest BCUT2D eigenvalue weighted by Gasteiger charge is -2.33. The van der Waals surface area contributed by atoms with Crippen molar-refractivity contribution in [3.63, 3.8) is 0 Å². The molecule has 24 heavy (non-hydrogen) atoms. The summed E-state index contributed by atoms with van der Waals surface area (Å²) in [4.78, 5) is 14.7. The van der Waals surface area contributed by atoms with Crippen LogP contribution in [0.1, 0.15) is 73.7 Å². The van der Waals surface area contributed by atoms with E-state index in [0.29, 0.717) is 11.8 Å². The summed E-state index contributed by atoms with van der Waals surface area (Å²) in [5.41, 5.74) is 8.23. The topological polar surface area (TPSA) is 46.3 Å². The third kappa shape index (κ3) is 4.52. The number of halogens is 1. The SMILES string of the molecule is CC(N)C1CCN(C(=O)c2ccc(C3CCCCC3)cc2)CC1.Cl. The quantitative estimate of drug-likeness (QED) is 0.880. The van der Waals surface area contributed by atoms with Gasteiger partial charge in [-0.05, 0) is 62.1 Å². The standard InChI is InChI=1S/C20H30N2O.ClH/c1-15(21)16-11-13-22(14-12-16)20(23)19-9-7-18(8-10-19)17-5-3-2-4-6-17;/h7-10,15-17H,2-6,11-14,21H2,1H3;1H. The Labute approximate surface area is 152 Å². The smallest absolute Gasteiger partial charge is 0.253 e. The fourth-order valence-corrected chi connectivity index (χ4v) is 4.14. The molecule has 1 aromatic carbocycles. The largest absolute Gasteiger partial charge is 0.339 e. The summed E-state index contributed by atoms with van der Waals surface area (Å²) < 4.78 is 0. The molecule has 1 amide bonds. The average Bonchev–Trinajstić information content (AvgIpc) is 2.62. The highest BCUT2D eigenvalue weighted by molar-refractivity contribution is 5.94. The van der Waals surface area contributed by atoms with Crippen LogP contribution >= 0.6 is 12.4 Å². The molecule has 0 bridgehead atoms. The third-order valence-electron chi connectivity index (χ3n) is 5.80. The first-order valence-corrected chi connectivity index (χ1v) is 9.30. The highest BCUT2D eigenvalue weighted by atomic mass is 35.5. The number of carbonyl (C=O) groups is 1. The third-order valence-corrected chi connectivity index (χ3v) is 5.80. The van der Waals surface area contributed by atoms with Crippen LogP contribution in [0.5, 0.6) is 0 Å². The Morgan fingerprint density at radius 3 is 2.17 bits per heavy atom. The number of hydrogen-bond donors (Lipinski definition) is 1. The molecule has 0 radical (unpaired) electrons. The second kappa shape index (κ2) is 8.87. The van der Waals surface area contributed by atoms with Crippen molar-refractivity contribution in [1.29, 1.82) is 0 Å². The van der Waals surface area contributed by atoms with Gasteiger partial charge in [0.15, 0.2) is 0 Å². The van der Waals surface area contributed by atoms with E-state index >= 15 is 0 Å². The van der Waals surface area contributed by atoms with E-state index in [-0.39, 0.29) is 24.4 Å². The molecule has 3 nitrogen and oxygen atoms in total. The number of hydrogen-bond acceptors (Lipinski definition) is 2. The Morgan fingerprint density at radius 1 is 1.04 bits per heavy atom. The second-order valence-electron chi connectivity index (χ2n) is 7.45. The molecule has 0 aromatic heterocycles. The Morgan fingerprint density at radius 2 is 1.62 bits per heavy atom. The van der Waals surface area contributed by atoms with Crippen LogP contribution in [0, 0.1) is 5.92 Å². The summed E-state index contributed by atoms with van der Waals surface area (Å²) in [5.74, 6) is 1.45. The summed E-state index contributed by atoms with van der Waals surface area (Å²) >= 11 is 0. The summed E-state index contributed by atoms with van der Waals surface area (Å²) in [6.07, 6.45) is 8.74. The van der Waals surface area contributed by atoms with Gasteiger partial charge in [-0.25, -0.2) is 0 Å². The van der Waals surface area contributed by atoms with Gasteiger partial charge in [-0.1, -0.05) is 31.4 Å². The molecule has 1 saturated heterocycles. The molecule has 1 aliphatic carbocycles. The van der Waals surface area contributed by atoms with E-state index in [4.69, 9.17) is 5.73 Å². The van der Waals surface area contributed by atoms with Crippen LogP contribution in [0.2, 0.25) is 0 Å². The number of piperidine rings is 1. The van der Waals surface area contributed by atoms with E-state index < -0.39 is 0 Å². The highest BCUT2D eigenvalue weighted by Gasteiger charge is 2.25. The van der Waals surface area contributed by atoms with Crippen molar-refractivity contribution in [3.8, 4) is 0 Å². The average molecular weight is 351 g/mol. The number of carbonyl (C=O) groups excluding carboxylic acids is 1. The van der Waals surface area contributed by atoms with Gasteiger partial charge in [0.2, 0.25) is 0 Å². The van der Waals surface area contributed by atoms with Crippen LogP contribution in [0.15, 0.2) is 24.3 Å². The van der Waals surface area contributed by atoms with Crippen molar-refractivity contribution in [1.82, 2.24) is 4.90 Å². The normalized spacial score (nSPS) is 21.2. The fraction of sp³-hybridized carbons (Fsp3) is 0.650. The van der Waals surface area contributed by atoms with Gasteiger partial charge in [0.25, 0.3) is 5.91 Å². The minimum absolute atomic E-state index is 0. The minimum Gasteiger partial charge on any atom is -0.339 e. The molecular weight excluding hydrogens is 320 g/mol. The monoisotopic (exact) mass is 350 g/mol. The Kier molecular flexibility index (Phi) is 7.12. The lowest BCUT2D eigenvalue weighted by Crippen LogP contribution is -2.42. The lowest BCUT2D eigenvalue weighted by atomic mass is 9.84. The molecule has 0 spiro atoms. The van der Waals surface area contributed by atoms with Crippen molar-refractivity contribution in [2.75, 3.05) is 13.1 Å². The molecule has 2 aliphatic rings. The van der Waals surface area contributed by atoms with Crippen LogP contribution in [0.25, 0.3) is 0 Å². The highest BCUT2D eigenvalue weighted by Crippen LogP contribution is 2.32. The number of nitrogens with zero attached hydrogens (tertiary/aromatic N) is 1. The first-order chi connectivity index (χ1) is 11.1. The maximum absolute atomic E-state index is 12.7. The van der Waals surface area contributed by atoms with E-state index in [1.54, 1.807) is 0 Å². The first-order valence-electron chi connectivity index (χ1n) is 9.30. The van der Waals surface area contributed by atoms with Gasteiger partial charge >= 0.3 is 0 Å². The zero-order chi connectivity index (χ0) is 16.2. The predicted molar refractivity (Wildman–Crippen MR) is 102 cm³/mol. The number of amides is 1. The fourth-order valence-electron chi connectivity index (χ4n) is 4.14. The van der Waals surface area contributed by atoms with E-state index in [1.807, 2.05) is 17.0 Å². The van der Waals surface area contributed by atoms with Crippen LogP contribution in [0.3, 0.4) is 0 Å². The zero-order valence-corrected chi connectivity index (χ0v) is 15.6. The molecule has 134 valence electrons. The lowest BCUT2D eigenvalue weighted by molar-refractivity contribution is 0.0681. The second-order valence-corrected chi connectivity index (χ2v) is 7.45. The molecule has 1 saturated carbocycles. The molecule has 2 N–H and O–H groups in total. The maximum Gasteiger partial charge on any atom is 0.253 e. The Hall–Kier alpha value is -1.06.